The molecular weight excluding hydrogens is 463 g/mol. The Kier molecular flexibility index (Phi) is 8.74. The number of carbonyl (C=O) groups excluding carboxylic acids is 2. The Balaban J connectivity index is 0.00000171. The SMILES string of the molecule is CN1CCN(CCOc2cc(CCl)c(O)c3c2C(=O)c2ccccc2C3=O)CC1.Cl.Cl. The number of piperazine rings is 1. The van der Waals surface area contributed by atoms with Crippen molar-refractivity contribution in [3.63, 3.8) is 0 Å². The number of hydrogen-bond donors (Lipinski definition) is 1. The molecule has 6 nitrogen and oxygen atoms in total. The van der Waals surface area contributed by atoms with E-state index in [4.69, 9.17) is 16.3 Å². The van der Waals surface area contributed by atoms with E-state index in [1.165, 1.54) is 0 Å². The summed E-state index contributed by atoms with van der Waals surface area (Å²) in [6.45, 7) is 5.05. The fourth-order valence-corrected chi connectivity index (χ4v) is 4.07. The molecule has 168 valence electrons. The van der Waals surface area contributed by atoms with Crippen LogP contribution in [0.1, 0.15) is 37.4 Å². The molecule has 2 aromatic rings. The summed E-state index contributed by atoms with van der Waals surface area (Å²) >= 11 is 5.98. The summed E-state index contributed by atoms with van der Waals surface area (Å²) in [5.74, 6) is -0.633. The van der Waals surface area contributed by atoms with Gasteiger partial charge in [0.2, 0.25) is 0 Å². The molecule has 1 heterocycles. The monoisotopic (exact) mass is 486 g/mol. The topological polar surface area (TPSA) is 70.1 Å². The van der Waals surface area contributed by atoms with Gasteiger partial charge in [0.25, 0.3) is 0 Å². The molecule has 1 saturated heterocycles. The Labute approximate surface area is 198 Å². The summed E-state index contributed by atoms with van der Waals surface area (Å²) < 4.78 is 5.97. The lowest BCUT2D eigenvalue weighted by atomic mass is 9.82. The molecule has 0 spiro atoms. The number of benzene rings is 2. The highest BCUT2D eigenvalue weighted by Crippen LogP contribution is 2.41. The zero-order chi connectivity index (χ0) is 20.5. The van der Waals surface area contributed by atoms with Crippen LogP contribution in [0.2, 0.25) is 0 Å². The molecule has 2 aliphatic rings. The number of ether oxygens (including phenoxy) is 1. The smallest absolute Gasteiger partial charge is 0.198 e. The predicted octanol–water partition coefficient (Wildman–Crippen LogP) is 3.38. The Hall–Kier alpha value is -1.83. The number of hydrogen-bond acceptors (Lipinski definition) is 6. The minimum atomic E-state index is -0.386. The number of aromatic hydroxyl groups is 1. The predicted molar refractivity (Wildman–Crippen MR) is 125 cm³/mol. The van der Waals surface area contributed by atoms with Gasteiger partial charge in [-0.15, -0.1) is 36.4 Å². The number of alkyl halides is 1. The van der Waals surface area contributed by atoms with Crippen LogP contribution in [0.15, 0.2) is 30.3 Å². The van der Waals surface area contributed by atoms with Gasteiger partial charge in [-0.05, 0) is 13.1 Å². The molecule has 1 N–H and O–H groups in total. The number of rotatable bonds is 5. The van der Waals surface area contributed by atoms with Gasteiger partial charge in [-0.25, -0.2) is 0 Å². The minimum absolute atomic E-state index is 0. The molecule has 1 fully saturated rings. The van der Waals surface area contributed by atoms with Crippen molar-refractivity contribution in [1.29, 1.82) is 0 Å². The Morgan fingerprint density at radius 3 is 2.16 bits per heavy atom. The number of likely N-dealkylation sites (N-methyl/N-ethyl adjacent to an activating group) is 1. The Morgan fingerprint density at radius 2 is 1.58 bits per heavy atom. The molecule has 0 amide bonds. The van der Waals surface area contributed by atoms with Crippen molar-refractivity contribution >= 4 is 48.0 Å². The fourth-order valence-electron chi connectivity index (χ4n) is 3.87. The molecule has 0 atom stereocenters. The number of phenols is 1. The molecule has 2 aromatic carbocycles. The van der Waals surface area contributed by atoms with Gasteiger partial charge in [-0.3, -0.25) is 14.5 Å². The largest absolute Gasteiger partial charge is 0.507 e. The van der Waals surface area contributed by atoms with Crippen molar-refractivity contribution in [2.75, 3.05) is 46.4 Å². The van der Waals surface area contributed by atoms with Gasteiger partial charge >= 0.3 is 0 Å². The fraction of sp³-hybridized carbons (Fsp3) is 0.364. The van der Waals surface area contributed by atoms with Crippen molar-refractivity contribution < 1.29 is 19.4 Å². The zero-order valence-electron chi connectivity index (χ0n) is 17.1. The molecule has 0 saturated carbocycles. The van der Waals surface area contributed by atoms with Gasteiger partial charge < -0.3 is 14.7 Å². The van der Waals surface area contributed by atoms with E-state index in [1.54, 1.807) is 30.3 Å². The summed E-state index contributed by atoms with van der Waals surface area (Å²) in [6.07, 6.45) is 0. The normalized spacial score (nSPS) is 16.1. The summed E-state index contributed by atoms with van der Waals surface area (Å²) in [4.78, 5) is 30.7. The van der Waals surface area contributed by atoms with E-state index in [9.17, 15) is 14.7 Å². The van der Waals surface area contributed by atoms with E-state index in [0.29, 0.717) is 23.5 Å². The number of carbonyl (C=O) groups is 2. The average molecular weight is 488 g/mol. The zero-order valence-corrected chi connectivity index (χ0v) is 19.5. The van der Waals surface area contributed by atoms with Crippen molar-refractivity contribution in [3.05, 3.63) is 58.1 Å². The Bertz CT molecular complexity index is 975. The maximum absolute atomic E-state index is 13.1. The molecular formula is C22H25Cl3N2O4. The van der Waals surface area contributed by atoms with Crippen LogP contribution in [0.3, 0.4) is 0 Å². The van der Waals surface area contributed by atoms with E-state index in [2.05, 4.69) is 16.8 Å². The van der Waals surface area contributed by atoms with E-state index in [1.807, 2.05) is 0 Å². The maximum atomic E-state index is 13.1. The summed E-state index contributed by atoms with van der Waals surface area (Å²) in [5, 5.41) is 10.6. The summed E-state index contributed by atoms with van der Waals surface area (Å²) in [5.41, 5.74) is 1.10. The third kappa shape index (κ3) is 4.83. The number of nitrogens with zero attached hydrogens (tertiary/aromatic N) is 2. The molecule has 31 heavy (non-hydrogen) atoms. The second-order valence-corrected chi connectivity index (χ2v) is 7.73. The van der Waals surface area contributed by atoms with E-state index in [0.717, 1.165) is 32.7 Å². The lowest BCUT2D eigenvalue weighted by molar-refractivity contribution is 0.0970. The number of halogens is 3. The van der Waals surface area contributed by atoms with E-state index < -0.39 is 0 Å². The highest BCUT2D eigenvalue weighted by atomic mass is 35.5. The van der Waals surface area contributed by atoms with Crippen molar-refractivity contribution in [2.45, 2.75) is 5.88 Å². The molecule has 4 rings (SSSR count). The first-order valence-electron chi connectivity index (χ1n) is 9.68. The van der Waals surface area contributed by atoms with Crippen LogP contribution >= 0.6 is 36.4 Å². The molecule has 0 radical (unpaired) electrons. The highest BCUT2D eigenvalue weighted by Gasteiger charge is 2.36. The van der Waals surface area contributed by atoms with Crippen LogP contribution in [0.4, 0.5) is 0 Å². The van der Waals surface area contributed by atoms with Crippen LogP contribution in [-0.4, -0.2) is 72.9 Å². The number of ketones is 2. The van der Waals surface area contributed by atoms with Gasteiger partial charge in [0.1, 0.15) is 18.1 Å². The van der Waals surface area contributed by atoms with Crippen molar-refractivity contribution in [1.82, 2.24) is 9.80 Å². The third-order valence-corrected chi connectivity index (χ3v) is 5.91. The van der Waals surface area contributed by atoms with Crippen molar-refractivity contribution in [2.24, 2.45) is 0 Å². The lowest BCUT2D eigenvalue weighted by Crippen LogP contribution is -2.45. The van der Waals surface area contributed by atoms with Crippen LogP contribution in [-0.2, 0) is 5.88 Å². The van der Waals surface area contributed by atoms with Gasteiger partial charge in [-0.2, -0.15) is 0 Å². The summed E-state index contributed by atoms with van der Waals surface area (Å²) in [6, 6.07) is 8.21. The van der Waals surface area contributed by atoms with Crippen LogP contribution < -0.4 is 4.74 Å². The molecule has 0 aromatic heterocycles. The quantitative estimate of drug-likeness (QED) is 0.557. The van der Waals surface area contributed by atoms with Crippen LogP contribution in [0.25, 0.3) is 0 Å². The number of fused-ring (bicyclic) bond motifs is 2. The molecule has 1 aliphatic carbocycles. The second kappa shape index (κ2) is 10.7. The van der Waals surface area contributed by atoms with E-state index >= 15 is 0 Å². The van der Waals surface area contributed by atoms with E-state index in [-0.39, 0.29) is 64.7 Å². The molecule has 0 unspecified atom stereocenters. The van der Waals surface area contributed by atoms with Crippen LogP contribution in [0, 0.1) is 0 Å². The van der Waals surface area contributed by atoms with Gasteiger partial charge in [0.15, 0.2) is 11.6 Å². The highest BCUT2D eigenvalue weighted by molar-refractivity contribution is 6.30. The minimum Gasteiger partial charge on any atom is -0.507 e. The molecule has 9 heteroatoms. The maximum Gasteiger partial charge on any atom is 0.198 e. The average Bonchev–Trinajstić information content (AvgIpc) is 2.74. The number of phenolic OH excluding ortho intramolecular Hbond substituents is 1. The standard InChI is InChI=1S/C22H23ClN2O4.2ClH/c1-24-6-8-25(9-7-24)10-11-29-17-12-14(13-23)20(26)19-18(17)21(27)15-4-2-3-5-16(15)22(19)28;;/h2-5,12,26H,6-11,13H2,1H3;2*1H. The molecule has 1 aliphatic heterocycles. The lowest BCUT2D eigenvalue weighted by Gasteiger charge is -2.32. The molecule has 0 bridgehead atoms. The van der Waals surface area contributed by atoms with Gasteiger partial charge in [-0.1, -0.05) is 24.3 Å². The second-order valence-electron chi connectivity index (χ2n) is 7.46. The third-order valence-electron chi connectivity index (χ3n) is 5.62. The van der Waals surface area contributed by atoms with Gasteiger partial charge in [0, 0.05) is 49.4 Å². The Morgan fingerprint density at radius 1 is 1.00 bits per heavy atom. The first-order chi connectivity index (χ1) is 14.0. The summed E-state index contributed by atoms with van der Waals surface area (Å²) in [7, 11) is 2.10. The first-order valence-corrected chi connectivity index (χ1v) is 10.2. The van der Waals surface area contributed by atoms with Crippen molar-refractivity contribution in [3.8, 4) is 11.5 Å². The van der Waals surface area contributed by atoms with Gasteiger partial charge in [0.05, 0.1) is 17.0 Å². The first kappa shape index (κ1) is 25.4. The van der Waals surface area contributed by atoms with Crippen LogP contribution in [0.5, 0.6) is 11.5 Å².